The van der Waals surface area contributed by atoms with Crippen LogP contribution in [0.25, 0.3) is 11.5 Å². The van der Waals surface area contributed by atoms with Gasteiger partial charge in [-0.25, -0.2) is 0 Å². The minimum atomic E-state index is -2.88. The van der Waals surface area contributed by atoms with Gasteiger partial charge in [0.15, 0.2) is 0 Å². The number of aliphatic hydroxyl groups is 1. The van der Waals surface area contributed by atoms with E-state index in [1.807, 2.05) is 18.2 Å². The molecule has 2 atom stereocenters. The van der Waals surface area contributed by atoms with Crippen molar-refractivity contribution in [3.63, 3.8) is 0 Å². The van der Waals surface area contributed by atoms with Crippen LogP contribution in [0.4, 0.5) is 8.78 Å². The summed E-state index contributed by atoms with van der Waals surface area (Å²) in [4.78, 5) is 15.0. The first-order valence-electron chi connectivity index (χ1n) is 10.2. The second-order valence-corrected chi connectivity index (χ2v) is 7.80. The first-order chi connectivity index (χ1) is 15.9. The van der Waals surface area contributed by atoms with Gasteiger partial charge in [-0.15, -0.1) is 10.2 Å². The number of rotatable bonds is 6. The molecular formula is C23H19F2N5O3. The number of aliphatic hydroxyl groups excluding tert-OH is 1. The number of carbonyl (C=O) groups is 1. The molecule has 1 N–H and O–H groups in total. The molecule has 0 fully saturated rings. The lowest BCUT2D eigenvalue weighted by Gasteiger charge is -2.31. The number of benzene rings is 2. The second kappa shape index (κ2) is 8.21. The summed E-state index contributed by atoms with van der Waals surface area (Å²) in [7, 11) is 1.76. The van der Waals surface area contributed by atoms with Gasteiger partial charge in [0, 0.05) is 36.5 Å². The van der Waals surface area contributed by atoms with Gasteiger partial charge in [-0.05, 0) is 23.3 Å². The number of aryl methyl sites for hydroxylation is 1. The number of fused-ring (bicyclic) bond motifs is 1. The van der Waals surface area contributed by atoms with Gasteiger partial charge in [-0.1, -0.05) is 36.4 Å². The average Bonchev–Trinajstić information content (AvgIpc) is 3.55. The molecule has 0 saturated carbocycles. The van der Waals surface area contributed by atoms with Gasteiger partial charge < -0.3 is 14.4 Å². The highest BCUT2D eigenvalue weighted by Crippen LogP contribution is 2.40. The number of hydrogen-bond donors (Lipinski definition) is 1. The smallest absolute Gasteiger partial charge is 0.314 e. The highest BCUT2D eigenvalue weighted by Gasteiger charge is 2.38. The standard InChI is InChI=1S/C23H19F2N5O3/c1-29-11-16(10-26-29)18(19(31)13-5-3-2-4-6-13)30-12-15-8-7-14(9-17(15)23(30)32)21-27-28-22(33-21)20(24)25/h2-11,18-20,31H,12H2,1H3. The molecule has 0 radical (unpaired) electrons. The summed E-state index contributed by atoms with van der Waals surface area (Å²) < 4.78 is 32.3. The first kappa shape index (κ1) is 21.0. The third kappa shape index (κ3) is 3.78. The van der Waals surface area contributed by atoms with Gasteiger partial charge in [0.05, 0.1) is 12.2 Å². The molecule has 0 saturated heterocycles. The molecule has 2 unspecified atom stereocenters. The molecule has 168 valence electrons. The molecule has 3 heterocycles. The van der Waals surface area contributed by atoms with E-state index < -0.39 is 24.5 Å². The van der Waals surface area contributed by atoms with Gasteiger partial charge in [-0.3, -0.25) is 9.48 Å². The predicted octanol–water partition coefficient (Wildman–Crippen LogP) is 3.84. The van der Waals surface area contributed by atoms with Crippen molar-refractivity contribution in [2.45, 2.75) is 25.1 Å². The maximum atomic E-state index is 13.5. The molecule has 0 bridgehead atoms. The summed E-state index contributed by atoms with van der Waals surface area (Å²) in [6.45, 7) is 0.268. The molecule has 2 aromatic carbocycles. The van der Waals surface area contributed by atoms with Crippen molar-refractivity contribution in [2.75, 3.05) is 0 Å². The van der Waals surface area contributed by atoms with Crippen LogP contribution >= 0.6 is 0 Å². The number of amides is 1. The van der Waals surface area contributed by atoms with Crippen LogP contribution in [0.1, 0.15) is 51.5 Å². The first-order valence-corrected chi connectivity index (χ1v) is 10.2. The van der Waals surface area contributed by atoms with E-state index in [1.165, 1.54) is 0 Å². The van der Waals surface area contributed by atoms with E-state index in [1.54, 1.807) is 59.4 Å². The van der Waals surface area contributed by atoms with E-state index >= 15 is 0 Å². The molecule has 1 amide bonds. The lowest BCUT2D eigenvalue weighted by molar-refractivity contribution is 0.0360. The Bertz CT molecular complexity index is 1300. The molecular weight excluding hydrogens is 432 g/mol. The Balaban J connectivity index is 1.50. The van der Waals surface area contributed by atoms with Gasteiger partial charge in [-0.2, -0.15) is 13.9 Å². The van der Waals surface area contributed by atoms with Crippen LogP contribution in [0.2, 0.25) is 0 Å². The van der Waals surface area contributed by atoms with Crippen molar-refractivity contribution in [2.24, 2.45) is 7.05 Å². The molecule has 2 aromatic heterocycles. The van der Waals surface area contributed by atoms with Crippen LogP contribution < -0.4 is 0 Å². The number of aromatic nitrogens is 4. The van der Waals surface area contributed by atoms with Gasteiger partial charge >= 0.3 is 6.43 Å². The van der Waals surface area contributed by atoms with Crippen molar-refractivity contribution < 1.29 is 23.1 Å². The average molecular weight is 451 g/mol. The largest absolute Gasteiger partial charge is 0.415 e. The molecule has 33 heavy (non-hydrogen) atoms. The Kier molecular flexibility index (Phi) is 5.21. The summed E-state index contributed by atoms with van der Waals surface area (Å²) in [6.07, 6.45) is -0.471. The molecule has 0 aliphatic carbocycles. The number of hydrogen-bond acceptors (Lipinski definition) is 6. The molecule has 1 aliphatic heterocycles. The third-order valence-electron chi connectivity index (χ3n) is 5.66. The predicted molar refractivity (Wildman–Crippen MR) is 112 cm³/mol. The Morgan fingerprint density at radius 3 is 2.55 bits per heavy atom. The van der Waals surface area contributed by atoms with E-state index in [2.05, 4.69) is 15.3 Å². The van der Waals surface area contributed by atoms with Crippen LogP contribution in [0.15, 0.2) is 65.3 Å². The van der Waals surface area contributed by atoms with Crippen LogP contribution in [-0.2, 0) is 13.6 Å². The van der Waals surface area contributed by atoms with Crippen molar-refractivity contribution in [1.29, 1.82) is 0 Å². The SMILES string of the molecule is Cn1cc(C(C(O)c2ccccc2)N2Cc3ccc(-c4nnc(C(F)F)o4)cc3C2=O)cn1. The quantitative estimate of drug-likeness (QED) is 0.479. The molecule has 0 spiro atoms. The molecule has 4 aromatic rings. The zero-order valence-electron chi connectivity index (χ0n) is 17.5. The third-order valence-corrected chi connectivity index (χ3v) is 5.66. The summed E-state index contributed by atoms with van der Waals surface area (Å²) in [5, 5.41) is 22.5. The lowest BCUT2D eigenvalue weighted by Crippen LogP contribution is -2.33. The van der Waals surface area contributed by atoms with Crippen LogP contribution in [-0.4, -0.2) is 35.9 Å². The number of carbonyl (C=O) groups excluding carboxylic acids is 1. The molecule has 8 nitrogen and oxygen atoms in total. The highest BCUT2D eigenvalue weighted by molar-refractivity contribution is 5.99. The number of halogens is 2. The molecule has 10 heteroatoms. The van der Waals surface area contributed by atoms with E-state index in [4.69, 9.17) is 4.42 Å². The minimum absolute atomic E-state index is 0.0903. The van der Waals surface area contributed by atoms with Crippen molar-refractivity contribution in [3.8, 4) is 11.5 Å². The fourth-order valence-corrected chi connectivity index (χ4v) is 4.08. The van der Waals surface area contributed by atoms with Crippen molar-refractivity contribution in [3.05, 3.63) is 89.1 Å². The summed E-state index contributed by atoms with van der Waals surface area (Å²) in [5.74, 6) is -1.17. The highest BCUT2D eigenvalue weighted by atomic mass is 19.3. The second-order valence-electron chi connectivity index (χ2n) is 7.80. The maximum absolute atomic E-state index is 13.5. The fourth-order valence-electron chi connectivity index (χ4n) is 4.08. The van der Waals surface area contributed by atoms with Crippen molar-refractivity contribution >= 4 is 5.91 Å². The molecule has 5 rings (SSSR count). The zero-order valence-corrected chi connectivity index (χ0v) is 17.5. The Morgan fingerprint density at radius 1 is 1.09 bits per heavy atom. The maximum Gasteiger partial charge on any atom is 0.314 e. The number of nitrogens with zero attached hydrogens (tertiary/aromatic N) is 5. The summed E-state index contributed by atoms with van der Waals surface area (Å²) >= 11 is 0. The normalized spacial score (nSPS) is 15.2. The van der Waals surface area contributed by atoms with Crippen molar-refractivity contribution in [1.82, 2.24) is 24.9 Å². The van der Waals surface area contributed by atoms with E-state index in [-0.39, 0.29) is 18.3 Å². The van der Waals surface area contributed by atoms with Gasteiger partial charge in [0.1, 0.15) is 6.10 Å². The van der Waals surface area contributed by atoms with E-state index in [0.29, 0.717) is 22.3 Å². The van der Waals surface area contributed by atoms with Crippen LogP contribution in [0, 0.1) is 0 Å². The zero-order chi connectivity index (χ0) is 23.1. The Morgan fingerprint density at radius 2 is 1.88 bits per heavy atom. The Hall–Kier alpha value is -3.92. The van der Waals surface area contributed by atoms with E-state index in [9.17, 15) is 18.7 Å². The fraction of sp³-hybridized carbons (Fsp3) is 0.217. The lowest BCUT2D eigenvalue weighted by atomic mass is 9.96. The van der Waals surface area contributed by atoms with Gasteiger partial charge in [0.2, 0.25) is 5.89 Å². The minimum Gasteiger partial charge on any atom is -0.415 e. The van der Waals surface area contributed by atoms with Gasteiger partial charge in [0.25, 0.3) is 11.8 Å². The summed E-state index contributed by atoms with van der Waals surface area (Å²) in [6, 6.07) is 13.3. The molecule has 1 aliphatic rings. The van der Waals surface area contributed by atoms with Crippen LogP contribution in [0.3, 0.4) is 0 Å². The Labute approximate surface area is 187 Å². The monoisotopic (exact) mass is 451 g/mol. The summed E-state index contributed by atoms with van der Waals surface area (Å²) in [5.41, 5.74) is 2.85. The van der Waals surface area contributed by atoms with E-state index in [0.717, 1.165) is 5.56 Å². The number of alkyl halides is 2. The topological polar surface area (TPSA) is 97.3 Å². The van der Waals surface area contributed by atoms with Crippen LogP contribution in [0.5, 0.6) is 0 Å².